The first kappa shape index (κ1) is 63.6. The van der Waals surface area contributed by atoms with Gasteiger partial charge in [-0.25, -0.2) is 0 Å². The zero-order valence-electron chi connectivity index (χ0n) is 43.3. The number of esters is 1. The van der Waals surface area contributed by atoms with Crippen LogP contribution in [0.15, 0.2) is 48.6 Å². The maximum absolute atomic E-state index is 13.0. The molecule has 0 bridgehead atoms. The number of unbranched alkanes of at least 4 members (excludes halogenated alkanes) is 28. The molecule has 396 valence electrons. The smallest absolute Gasteiger partial charge is 0.305 e. The number of aliphatic hydroxyl groups is 5. The van der Waals surface area contributed by atoms with Gasteiger partial charge in [-0.15, -0.1) is 0 Å². The van der Waals surface area contributed by atoms with Crippen molar-refractivity contribution < 1.29 is 49.3 Å². The third kappa shape index (κ3) is 36.5. The standard InChI is InChI=1S/C57H103NO10/c1-3-5-7-9-11-13-24-29-33-37-41-45-53(62)66-46-42-38-34-30-26-23-21-19-17-15-16-18-20-22-25-28-32-36-40-44-52(61)58-49(48-67-57-56(65)55(64)54(63)51(47-59)68-57)50(60)43-39-35-31-27-14-12-10-8-6-4-2/h9,11,19,21,23,26,39,43,49-51,54-57,59-60,63-65H,3-8,10,12-18,20,22,24-25,27-38,40-42,44-48H2,1-2H3,(H,58,61)/b11-9-,21-19-,26-23-,43-39+. The number of amides is 1. The first-order valence-electron chi connectivity index (χ1n) is 27.9. The van der Waals surface area contributed by atoms with Gasteiger partial charge in [0.1, 0.15) is 24.4 Å². The van der Waals surface area contributed by atoms with Crippen molar-refractivity contribution in [2.24, 2.45) is 0 Å². The molecule has 0 radical (unpaired) electrons. The number of nitrogens with one attached hydrogen (secondary N) is 1. The highest BCUT2D eigenvalue weighted by molar-refractivity contribution is 5.76. The van der Waals surface area contributed by atoms with E-state index < -0.39 is 49.5 Å². The molecule has 0 aromatic heterocycles. The third-order valence-corrected chi connectivity index (χ3v) is 12.9. The van der Waals surface area contributed by atoms with Crippen LogP contribution < -0.4 is 5.32 Å². The van der Waals surface area contributed by atoms with Gasteiger partial charge >= 0.3 is 5.97 Å². The summed E-state index contributed by atoms with van der Waals surface area (Å²) in [5.74, 6) is -0.235. The minimum Gasteiger partial charge on any atom is -0.466 e. The van der Waals surface area contributed by atoms with E-state index in [0.717, 1.165) is 89.9 Å². The number of carbonyl (C=O) groups is 2. The Morgan fingerprint density at radius 3 is 1.54 bits per heavy atom. The minimum atomic E-state index is -1.57. The average Bonchev–Trinajstić information content (AvgIpc) is 3.33. The van der Waals surface area contributed by atoms with E-state index in [4.69, 9.17) is 14.2 Å². The molecule has 1 aliphatic rings. The zero-order chi connectivity index (χ0) is 49.6. The maximum Gasteiger partial charge on any atom is 0.305 e. The highest BCUT2D eigenvalue weighted by Crippen LogP contribution is 2.23. The van der Waals surface area contributed by atoms with Gasteiger partial charge in [0.2, 0.25) is 5.91 Å². The Kier molecular flexibility index (Phi) is 44.0. The molecule has 1 fully saturated rings. The lowest BCUT2D eigenvalue weighted by Crippen LogP contribution is -2.60. The molecule has 7 unspecified atom stereocenters. The summed E-state index contributed by atoms with van der Waals surface area (Å²) in [4.78, 5) is 25.0. The Bertz CT molecular complexity index is 1270. The lowest BCUT2D eigenvalue weighted by Gasteiger charge is -2.40. The third-order valence-electron chi connectivity index (χ3n) is 12.9. The van der Waals surface area contributed by atoms with Gasteiger partial charge in [0.15, 0.2) is 6.29 Å². The number of aliphatic hydroxyl groups excluding tert-OH is 5. The monoisotopic (exact) mass is 962 g/mol. The molecular formula is C57H103NO10. The quantitative estimate of drug-likeness (QED) is 0.0149. The van der Waals surface area contributed by atoms with Gasteiger partial charge in [-0.05, 0) is 83.5 Å². The molecule has 11 heteroatoms. The van der Waals surface area contributed by atoms with Crippen molar-refractivity contribution in [1.29, 1.82) is 0 Å². The maximum atomic E-state index is 13.0. The van der Waals surface area contributed by atoms with Crippen molar-refractivity contribution in [1.82, 2.24) is 5.32 Å². The van der Waals surface area contributed by atoms with Crippen LogP contribution in [0.1, 0.15) is 239 Å². The molecule has 6 N–H and O–H groups in total. The van der Waals surface area contributed by atoms with Crippen molar-refractivity contribution in [3.8, 4) is 0 Å². The molecule has 1 rings (SSSR count). The van der Waals surface area contributed by atoms with E-state index >= 15 is 0 Å². The second-order valence-corrected chi connectivity index (χ2v) is 19.3. The van der Waals surface area contributed by atoms with Gasteiger partial charge in [0, 0.05) is 12.8 Å². The number of rotatable bonds is 47. The average molecular weight is 962 g/mol. The molecule has 0 aliphatic carbocycles. The van der Waals surface area contributed by atoms with Crippen LogP contribution in [0.4, 0.5) is 0 Å². The summed E-state index contributed by atoms with van der Waals surface area (Å²) in [5.41, 5.74) is 0. The van der Waals surface area contributed by atoms with Crippen molar-refractivity contribution in [3.63, 3.8) is 0 Å². The van der Waals surface area contributed by atoms with E-state index in [1.165, 1.54) is 122 Å². The minimum absolute atomic E-state index is 0.0402. The number of allylic oxidation sites excluding steroid dienone is 7. The molecule has 0 saturated carbocycles. The first-order valence-corrected chi connectivity index (χ1v) is 27.9. The van der Waals surface area contributed by atoms with Crippen LogP contribution >= 0.6 is 0 Å². The summed E-state index contributed by atoms with van der Waals surface area (Å²) < 4.78 is 16.6. The van der Waals surface area contributed by atoms with Crippen molar-refractivity contribution in [2.75, 3.05) is 19.8 Å². The van der Waals surface area contributed by atoms with E-state index in [1.54, 1.807) is 6.08 Å². The van der Waals surface area contributed by atoms with Gasteiger partial charge in [0.05, 0.1) is 32.0 Å². The van der Waals surface area contributed by atoms with Crippen LogP contribution in [0, 0.1) is 0 Å². The molecule has 0 aromatic rings. The Hall–Kier alpha value is -2.38. The first-order chi connectivity index (χ1) is 33.2. The molecule has 1 heterocycles. The molecule has 0 aromatic carbocycles. The SMILES string of the molecule is CCCC/C=C\CCCCCCCC(=O)OCCCCC/C=C\C=C/CCCCCCCCCCCCC(=O)NC(COC1OC(CO)C(O)C(O)C1O)C(O)/C=C/CCCCCCCCCC. The Morgan fingerprint density at radius 1 is 0.544 bits per heavy atom. The van der Waals surface area contributed by atoms with Gasteiger partial charge in [-0.2, -0.15) is 0 Å². The Balaban J connectivity index is 2.11. The van der Waals surface area contributed by atoms with Crippen molar-refractivity contribution in [2.45, 2.75) is 281 Å². The largest absolute Gasteiger partial charge is 0.466 e. The molecule has 11 nitrogen and oxygen atoms in total. The molecule has 7 atom stereocenters. The van der Waals surface area contributed by atoms with E-state index in [1.807, 2.05) is 6.08 Å². The summed E-state index contributed by atoms with van der Waals surface area (Å²) in [7, 11) is 0. The summed E-state index contributed by atoms with van der Waals surface area (Å²) in [5, 5.41) is 54.2. The van der Waals surface area contributed by atoms with E-state index in [2.05, 4.69) is 55.6 Å². The predicted octanol–water partition coefficient (Wildman–Crippen LogP) is 12.1. The molecule has 68 heavy (non-hydrogen) atoms. The highest BCUT2D eigenvalue weighted by atomic mass is 16.7. The van der Waals surface area contributed by atoms with Gasteiger partial charge in [0.25, 0.3) is 0 Å². The molecule has 1 aliphatic heterocycles. The van der Waals surface area contributed by atoms with E-state index in [-0.39, 0.29) is 18.5 Å². The molecule has 1 saturated heterocycles. The van der Waals surface area contributed by atoms with Crippen LogP contribution in [0.2, 0.25) is 0 Å². The van der Waals surface area contributed by atoms with Gasteiger partial charge in [-0.1, -0.05) is 191 Å². The normalized spacial score (nSPS) is 19.8. The number of carbonyl (C=O) groups excluding carboxylic acids is 2. The van der Waals surface area contributed by atoms with E-state index in [9.17, 15) is 35.1 Å². The van der Waals surface area contributed by atoms with E-state index in [0.29, 0.717) is 19.4 Å². The fourth-order valence-electron chi connectivity index (χ4n) is 8.40. The van der Waals surface area contributed by atoms with Crippen LogP contribution in [0.25, 0.3) is 0 Å². The number of hydrogen-bond acceptors (Lipinski definition) is 10. The predicted molar refractivity (Wildman–Crippen MR) is 278 cm³/mol. The van der Waals surface area contributed by atoms with Gasteiger partial charge in [-0.3, -0.25) is 9.59 Å². The summed E-state index contributed by atoms with van der Waals surface area (Å²) >= 11 is 0. The summed E-state index contributed by atoms with van der Waals surface area (Å²) in [6.07, 6.45) is 47.7. The molecular weight excluding hydrogens is 859 g/mol. The second-order valence-electron chi connectivity index (χ2n) is 19.3. The lowest BCUT2D eigenvalue weighted by atomic mass is 9.99. The molecule has 0 spiro atoms. The number of ether oxygens (including phenoxy) is 3. The Labute approximate surface area is 415 Å². The lowest BCUT2D eigenvalue weighted by molar-refractivity contribution is -0.302. The van der Waals surface area contributed by atoms with Crippen LogP contribution in [0.3, 0.4) is 0 Å². The number of hydrogen-bond donors (Lipinski definition) is 6. The fourth-order valence-corrected chi connectivity index (χ4v) is 8.40. The summed E-state index contributed by atoms with van der Waals surface area (Å²) in [6.45, 7) is 4.22. The zero-order valence-corrected chi connectivity index (χ0v) is 43.3. The van der Waals surface area contributed by atoms with Crippen LogP contribution in [-0.2, 0) is 23.8 Å². The Morgan fingerprint density at radius 2 is 1.00 bits per heavy atom. The van der Waals surface area contributed by atoms with Crippen molar-refractivity contribution in [3.05, 3.63) is 48.6 Å². The highest BCUT2D eigenvalue weighted by Gasteiger charge is 2.44. The topological polar surface area (TPSA) is 175 Å². The fraction of sp³-hybridized carbons (Fsp3) is 0.825. The summed E-state index contributed by atoms with van der Waals surface area (Å²) in [6, 6.07) is -0.817. The van der Waals surface area contributed by atoms with Crippen molar-refractivity contribution >= 4 is 11.9 Å². The van der Waals surface area contributed by atoms with Crippen LogP contribution in [-0.4, -0.2) is 100 Å². The molecule has 1 amide bonds. The van der Waals surface area contributed by atoms with Gasteiger partial charge < -0.3 is 45.1 Å². The van der Waals surface area contributed by atoms with Crippen LogP contribution in [0.5, 0.6) is 0 Å². The second kappa shape index (κ2) is 47.0.